The van der Waals surface area contributed by atoms with Gasteiger partial charge in [-0.15, -0.1) is 13.2 Å². The first kappa shape index (κ1) is 24.2. The average Bonchev–Trinajstić information content (AvgIpc) is 3.18. The van der Waals surface area contributed by atoms with Crippen molar-refractivity contribution in [1.82, 2.24) is 18.7 Å². The fraction of sp³-hybridized carbons (Fsp3) is 0.261. The van der Waals surface area contributed by atoms with Gasteiger partial charge in [0.25, 0.3) is 5.56 Å². The van der Waals surface area contributed by atoms with E-state index in [0.717, 1.165) is 21.3 Å². The van der Waals surface area contributed by atoms with Crippen LogP contribution in [0.1, 0.15) is 12.0 Å². The van der Waals surface area contributed by atoms with Crippen LogP contribution < -0.4 is 16.0 Å². The van der Waals surface area contributed by atoms with Crippen molar-refractivity contribution < 1.29 is 27.4 Å². The zero-order chi connectivity index (χ0) is 25.3. The molecule has 0 saturated heterocycles. The van der Waals surface area contributed by atoms with Crippen LogP contribution in [0.15, 0.2) is 58.1 Å². The number of rotatable bonds is 7. The van der Waals surface area contributed by atoms with Gasteiger partial charge in [-0.25, -0.2) is 14.2 Å². The van der Waals surface area contributed by atoms with E-state index in [-0.39, 0.29) is 48.7 Å². The summed E-state index contributed by atoms with van der Waals surface area (Å²) in [6, 6.07) is 10.6. The van der Waals surface area contributed by atoms with Gasteiger partial charge < -0.3 is 14.4 Å². The smallest absolute Gasteiger partial charge is 0.406 e. The van der Waals surface area contributed by atoms with Crippen molar-refractivity contribution in [2.24, 2.45) is 7.05 Å². The summed E-state index contributed by atoms with van der Waals surface area (Å²) in [5.41, 5.74) is -0.460. The van der Waals surface area contributed by atoms with E-state index < -0.39 is 29.2 Å². The monoisotopic (exact) mass is 492 g/mol. The summed E-state index contributed by atoms with van der Waals surface area (Å²) in [5.74, 6) is -0.830. The maximum atomic E-state index is 13.4. The molecular formula is C23H20F4N4O4. The van der Waals surface area contributed by atoms with E-state index in [1.165, 1.54) is 48.0 Å². The standard InChI is InChI=1S/C23H20F4N4O4/c1-29-20-18(21(33)30(22(29)34)10-3-11-32)31(13-14-6-8-16(24)9-7-14)19(28-20)15-4-2-5-17(12-15)35-23(25,26)27/h2,4-9,12,32H,3,10-11,13H2,1H3. The van der Waals surface area contributed by atoms with Crippen molar-refractivity contribution >= 4 is 11.2 Å². The Morgan fingerprint density at radius 2 is 1.77 bits per heavy atom. The summed E-state index contributed by atoms with van der Waals surface area (Å²) < 4.78 is 59.3. The number of fused-ring (bicyclic) bond motifs is 1. The Labute approximate surface area is 195 Å². The molecule has 0 bridgehead atoms. The Balaban J connectivity index is 1.98. The number of hydrogen-bond donors (Lipinski definition) is 1. The summed E-state index contributed by atoms with van der Waals surface area (Å²) in [5, 5.41) is 9.16. The highest BCUT2D eigenvalue weighted by atomic mass is 19.4. The first-order valence-corrected chi connectivity index (χ1v) is 10.5. The zero-order valence-electron chi connectivity index (χ0n) is 18.4. The Morgan fingerprint density at radius 1 is 1.06 bits per heavy atom. The molecule has 0 saturated carbocycles. The van der Waals surface area contributed by atoms with E-state index in [2.05, 4.69) is 9.72 Å². The molecule has 0 fully saturated rings. The van der Waals surface area contributed by atoms with Crippen molar-refractivity contribution in [3.8, 4) is 17.1 Å². The number of aliphatic hydroxyl groups is 1. The van der Waals surface area contributed by atoms with Crippen LogP contribution in [-0.4, -0.2) is 36.8 Å². The van der Waals surface area contributed by atoms with Gasteiger partial charge in [0.2, 0.25) is 0 Å². The number of aromatic nitrogens is 4. The lowest BCUT2D eigenvalue weighted by molar-refractivity contribution is -0.274. The maximum absolute atomic E-state index is 13.4. The van der Waals surface area contributed by atoms with Crippen LogP contribution in [0.2, 0.25) is 0 Å². The SMILES string of the molecule is Cn1c(=O)n(CCCO)c(=O)c2c1nc(-c1cccc(OC(F)(F)F)c1)n2Cc1ccc(F)cc1. The highest BCUT2D eigenvalue weighted by Gasteiger charge is 2.31. The van der Waals surface area contributed by atoms with E-state index in [1.54, 1.807) is 0 Å². The summed E-state index contributed by atoms with van der Waals surface area (Å²) >= 11 is 0. The summed E-state index contributed by atoms with van der Waals surface area (Å²) in [7, 11) is 1.42. The van der Waals surface area contributed by atoms with Crippen LogP contribution in [0.3, 0.4) is 0 Å². The van der Waals surface area contributed by atoms with E-state index >= 15 is 0 Å². The molecule has 0 aliphatic heterocycles. The molecule has 0 atom stereocenters. The van der Waals surface area contributed by atoms with Crippen molar-refractivity contribution in [3.05, 3.63) is 80.7 Å². The number of aliphatic hydroxyl groups excluding tert-OH is 1. The number of aryl methyl sites for hydroxylation is 1. The molecule has 1 N–H and O–H groups in total. The predicted molar refractivity (Wildman–Crippen MR) is 119 cm³/mol. The second-order valence-corrected chi connectivity index (χ2v) is 7.77. The molecule has 184 valence electrons. The largest absolute Gasteiger partial charge is 0.573 e. The lowest BCUT2D eigenvalue weighted by atomic mass is 10.2. The number of alkyl halides is 3. The van der Waals surface area contributed by atoms with E-state index in [0.29, 0.717) is 5.56 Å². The van der Waals surface area contributed by atoms with Crippen LogP contribution in [0.25, 0.3) is 22.6 Å². The van der Waals surface area contributed by atoms with Gasteiger partial charge in [0.1, 0.15) is 17.4 Å². The van der Waals surface area contributed by atoms with Gasteiger partial charge in [-0.3, -0.25) is 13.9 Å². The number of ether oxygens (including phenoxy) is 1. The minimum atomic E-state index is -4.91. The first-order valence-electron chi connectivity index (χ1n) is 10.5. The minimum absolute atomic E-state index is 0.0178. The third-order valence-electron chi connectivity index (χ3n) is 5.35. The van der Waals surface area contributed by atoms with Gasteiger partial charge in [-0.2, -0.15) is 0 Å². The van der Waals surface area contributed by atoms with Crippen molar-refractivity contribution in [2.45, 2.75) is 25.9 Å². The van der Waals surface area contributed by atoms with Crippen LogP contribution in [0.5, 0.6) is 5.75 Å². The van der Waals surface area contributed by atoms with Gasteiger partial charge in [0, 0.05) is 32.3 Å². The van der Waals surface area contributed by atoms with Crippen LogP contribution >= 0.6 is 0 Å². The molecule has 2 aromatic carbocycles. The summed E-state index contributed by atoms with van der Waals surface area (Å²) in [6.07, 6.45) is -4.74. The lowest BCUT2D eigenvalue weighted by Gasteiger charge is -2.12. The predicted octanol–water partition coefficient (Wildman–Crippen LogP) is 3.03. The topological polar surface area (TPSA) is 91.3 Å². The molecular weight excluding hydrogens is 472 g/mol. The van der Waals surface area contributed by atoms with Crippen LogP contribution in [0.4, 0.5) is 17.6 Å². The third-order valence-corrected chi connectivity index (χ3v) is 5.35. The van der Waals surface area contributed by atoms with Crippen LogP contribution in [-0.2, 0) is 20.1 Å². The molecule has 0 amide bonds. The summed E-state index contributed by atoms with van der Waals surface area (Å²) in [4.78, 5) is 30.6. The molecule has 0 aliphatic carbocycles. The van der Waals surface area contributed by atoms with Gasteiger partial charge in [0.15, 0.2) is 11.2 Å². The van der Waals surface area contributed by atoms with E-state index in [9.17, 15) is 27.2 Å². The van der Waals surface area contributed by atoms with E-state index in [1.807, 2.05) is 0 Å². The van der Waals surface area contributed by atoms with Gasteiger partial charge in [-0.05, 0) is 36.2 Å². The Kier molecular flexibility index (Phi) is 6.48. The second-order valence-electron chi connectivity index (χ2n) is 7.77. The molecule has 0 unspecified atom stereocenters. The van der Waals surface area contributed by atoms with Crippen molar-refractivity contribution in [2.75, 3.05) is 6.61 Å². The van der Waals surface area contributed by atoms with Crippen molar-refractivity contribution in [1.29, 1.82) is 0 Å². The molecule has 8 nitrogen and oxygen atoms in total. The van der Waals surface area contributed by atoms with E-state index in [4.69, 9.17) is 5.11 Å². The molecule has 0 spiro atoms. The lowest BCUT2D eigenvalue weighted by Crippen LogP contribution is -2.39. The van der Waals surface area contributed by atoms with Gasteiger partial charge in [-0.1, -0.05) is 24.3 Å². The fourth-order valence-electron chi connectivity index (χ4n) is 3.78. The highest BCUT2D eigenvalue weighted by molar-refractivity contribution is 5.77. The Hall–Kier alpha value is -3.93. The minimum Gasteiger partial charge on any atom is -0.406 e. The summed E-state index contributed by atoms with van der Waals surface area (Å²) in [6.45, 7) is -0.256. The maximum Gasteiger partial charge on any atom is 0.573 e. The first-order chi connectivity index (χ1) is 16.6. The molecule has 0 aliphatic rings. The molecule has 4 aromatic rings. The number of halogens is 4. The Morgan fingerprint density at radius 3 is 2.43 bits per heavy atom. The van der Waals surface area contributed by atoms with Gasteiger partial charge in [0.05, 0.1) is 0 Å². The highest BCUT2D eigenvalue weighted by Crippen LogP contribution is 2.29. The average molecular weight is 492 g/mol. The molecule has 0 radical (unpaired) electrons. The number of hydrogen-bond acceptors (Lipinski definition) is 5. The number of benzene rings is 2. The number of imidazole rings is 1. The molecule has 2 heterocycles. The molecule has 4 rings (SSSR count). The number of nitrogens with zero attached hydrogens (tertiary/aromatic N) is 4. The quantitative estimate of drug-likeness (QED) is 0.401. The normalized spacial score (nSPS) is 11.8. The van der Waals surface area contributed by atoms with Gasteiger partial charge >= 0.3 is 12.1 Å². The zero-order valence-corrected chi connectivity index (χ0v) is 18.4. The Bertz CT molecular complexity index is 1490. The van der Waals surface area contributed by atoms with Crippen molar-refractivity contribution in [3.63, 3.8) is 0 Å². The molecule has 35 heavy (non-hydrogen) atoms. The van der Waals surface area contributed by atoms with Crippen LogP contribution in [0, 0.1) is 5.82 Å². The molecule has 12 heteroatoms. The fourth-order valence-corrected chi connectivity index (χ4v) is 3.78. The third kappa shape index (κ3) is 4.97. The molecule has 2 aromatic heterocycles. The second kappa shape index (κ2) is 9.37.